The highest BCUT2D eigenvalue weighted by Gasteiger charge is 2.54. The minimum Gasteiger partial charge on any atom is -0.477 e. The first-order valence-corrected chi connectivity index (χ1v) is 12.2. The van der Waals surface area contributed by atoms with E-state index in [0.29, 0.717) is 22.8 Å². The van der Waals surface area contributed by atoms with Crippen LogP contribution in [0.4, 0.5) is 0 Å². The van der Waals surface area contributed by atoms with Crippen LogP contribution in [-0.4, -0.2) is 70.7 Å². The molecule has 0 aliphatic carbocycles. The summed E-state index contributed by atoms with van der Waals surface area (Å²) in [5, 5.41) is 25.1. The van der Waals surface area contributed by atoms with Gasteiger partial charge in [0.25, 0.3) is 11.8 Å². The topological polar surface area (TPSA) is 130 Å². The molecule has 0 radical (unpaired) electrons. The Hall–Kier alpha value is -2.09. The van der Waals surface area contributed by atoms with Crippen molar-refractivity contribution in [2.45, 2.75) is 29.6 Å². The lowest BCUT2D eigenvalue weighted by Gasteiger charge is -2.49. The first-order valence-electron chi connectivity index (χ1n) is 9.02. The van der Waals surface area contributed by atoms with Gasteiger partial charge in [0.2, 0.25) is 0 Å². The van der Waals surface area contributed by atoms with Crippen molar-refractivity contribution < 1.29 is 19.5 Å². The van der Waals surface area contributed by atoms with Gasteiger partial charge in [-0.2, -0.15) is 5.10 Å². The van der Waals surface area contributed by atoms with Gasteiger partial charge in [0.05, 0.1) is 10.7 Å². The molecule has 0 spiro atoms. The molecule has 14 heteroatoms. The average molecular weight is 501 g/mol. The Morgan fingerprint density at radius 3 is 2.68 bits per heavy atom. The third-order valence-corrected chi connectivity index (χ3v) is 8.63. The van der Waals surface area contributed by atoms with Crippen LogP contribution in [0, 0.1) is 13.8 Å². The van der Waals surface area contributed by atoms with Crippen molar-refractivity contribution >= 4 is 64.2 Å². The second-order valence-electron chi connectivity index (χ2n) is 6.87. The fraction of sp³-hybridized carbons (Fsp3) is 0.412. The second kappa shape index (κ2) is 8.45. The molecule has 0 saturated carbocycles. The van der Waals surface area contributed by atoms with E-state index in [1.165, 1.54) is 44.4 Å². The Labute approximate surface area is 194 Å². The summed E-state index contributed by atoms with van der Waals surface area (Å²) in [6.07, 6.45) is 0. The summed E-state index contributed by atoms with van der Waals surface area (Å²) in [7, 11) is 1.59. The van der Waals surface area contributed by atoms with Crippen LogP contribution >= 0.6 is 46.5 Å². The van der Waals surface area contributed by atoms with Crippen molar-refractivity contribution in [1.29, 1.82) is 0 Å². The number of hydrogen-bond acceptors (Lipinski definition) is 9. The summed E-state index contributed by atoms with van der Waals surface area (Å²) in [6, 6.07) is -0.835. The molecule has 2 aliphatic heterocycles. The predicted molar refractivity (Wildman–Crippen MR) is 117 cm³/mol. The van der Waals surface area contributed by atoms with Crippen molar-refractivity contribution in [2.75, 3.05) is 11.5 Å². The molecule has 1 saturated heterocycles. The van der Waals surface area contributed by atoms with Gasteiger partial charge in [-0.05, 0) is 19.4 Å². The normalized spacial score (nSPS) is 20.5. The van der Waals surface area contributed by atoms with Crippen LogP contribution in [0.25, 0.3) is 0 Å². The Bertz CT molecular complexity index is 1130. The molecule has 2 atom stereocenters. The smallest absolute Gasteiger partial charge is 0.352 e. The number of halogens is 1. The number of thioether (sulfide) groups is 2. The molecule has 1 fully saturated rings. The van der Waals surface area contributed by atoms with E-state index in [1.807, 2.05) is 6.92 Å². The number of aliphatic carboxylic acids is 1. The van der Waals surface area contributed by atoms with E-state index < -0.39 is 29.2 Å². The summed E-state index contributed by atoms with van der Waals surface area (Å²) in [4.78, 5) is 38.7. The van der Waals surface area contributed by atoms with Crippen LogP contribution in [-0.2, 0) is 16.6 Å². The van der Waals surface area contributed by atoms with Gasteiger partial charge < -0.3 is 10.4 Å². The van der Waals surface area contributed by atoms with E-state index in [4.69, 9.17) is 11.6 Å². The average Bonchev–Trinajstić information content (AvgIpc) is 3.25. The van der Waals surface area contributed by atoms with Gasteiger partial charge in [-0.15, -0.1) is 22.0 Å². The van der Waals surface area contributed by atoms with Crippen LogP contribution < -0.4 is 5.32 Å². The van der Waals surface area contributed by atoms with E-state index >= 15 is 0 Å². The number of carboxylic acids is 1. The molecule has 2 aromatic heterocycles. The molecule has 0 aromatic carbocycles. The van der Waals surface area contributed by atoms with Crippen molar-refractivity contribution in [2.24, 2.45) is 7.05 Å². The van der Waals surface area contributed by atoms with Crippen molar-refractivity contribution in [3.63, 3.8) is 0 Å². The Morgan fingerprint density at radius 1 is 1.35 bits per heavy atom. The second-order valence-corrected chi connectivity index (χ2v) is 10.8. The van der Waals surface area contributed by atoms with Gasteiger partial charge >= 0.3 is 5.97 Å². The molecular weight excluding hydrogens is 484 g/mol. The Morgan fingerprint density at radius 2 is 2.10 bits per heavy atom. The number of rotatable bonds is 6. The fourth-order valence-electron chi connectivity index (χ4n) is 3.37. The largest absolute Gasteiger partial charge is 0.477 e. The van der Waals surface area contributed by atoms with Crippen molar-refractivity contribution in [1.82, 2.24) is 30.2 Å². The summed E-state index contributed by atoms with van der Waals surface area (Å²) in [5.41, 5.74) is 1.27. The summed E-state index contributed by atoms with van der Waals surface area (Å²) in [6.45, 7) is 3.52. The number of β-lactam (4-membered cyclic amide) rings is 1. The number of aryl methyl sites for hydroxylation is 3. The van der Waals surface area contributed by atoms with Gasteiger partial charge in [-0.3, -0.25) is 19.2 Å². The lowest BCUT2D eigenvalue weighted by Crippen LogP contribution is -2.70. The molecule has 10 nitrogen and oxygen atoms in total. The monoisotopic (exact) mass is 500 g/mol. The van der Waals surface area contributed by atoms with Gasteiger partial charge in [-0.25, -0.2) is 4.79 Å². The van der Waals surface area contributed by atoms with E-state index in [9.17, 15) is 19.5 Å². The maximum atomic E-state index is 12.8. The van der Waals surface area contributed by atoms with Gasteiger partial charge in [-0.1, -0.05) is 34.7 Å². The summed E-state index contributed by atoms with van der Waals surface area (Å²) in [5.74, 6) is -1.34. The molecule has 31 heavy (non-hydrogen) atoms. The number of aromatic nitrogens is 4. The predicted octanol–water partition coefficient (Wildman–Crippen LogP) is 1.69. The highest BCUT2D eigenvalue weighted by molar-refractivity contribution is 8.01. The SMILES string of the molecule is Cc1nnc(SCC2=C(C(=O)O)N3C(=O)[C@H](NC(=O)c4c(Cl)c(C)nn4C)[C@@H]3SC2)s1. The minimum absolute atomic E-state index is 0.0256. The summed E-state index contributed by atoms with van der Waals surface area (Å²) < 4.78 is 2.10. The maximum absolute atomic E-state index is 12.8. The van der Waals surface area contributed by atoms with Crippen LogP contribution in [0.15, 0.2) is 15.6 Å². The minimum atomic E-state index is -1.17. The highest BCUT2D eigenvalue weighted by Crippen LogP contribution is 2.42. The molecule has 0 bridgehead atoms. The number of carboxylic acid groups (broad SMARTS) is 1. The molecule has 164 valence electrons. The van der Waals surface area contributed by atoms with Gasteiger partial charge in [0, 0.05) is 18.6 Å². The first kappa shape index (κ1) is 22.1. The summed E-state index contributed by atoms with van der Waals surface area (Å²) >= 11 is 10.4. The molecule has 0 unspecified atom stereocenters. The van der Waals surface area contributed by atoms with E-state index in [0.717, 1.165) is 9.35 Å². The van der Waals surface area contributed by atoms with Crippen molar-refractivity contribution in [3.8, 4) is 0 Å². The number of hydrogen-bond donors (Lipinski definition) is 2. The van der Waals surface area contributed by atoms with Crippen LogP contribution in [0.1, 0.15) is 21.2 Å². The number of nitrogens with one attached hydrogen (secondary N) is 1. The Balaban J connectivity index is 1.50. The number of carbonyl (C=O) groups is 3. The molecule has 2 N–H and O–H groups in total. The third kappa shape index (κ3) is 3.95. The number of fused-ring (bicyclic) bond motifs is 1. The molecule has 4 rings (SSSR count). The quantitative estimate of drug-likeness (QED) is 0.449. The molecular formula is C17H17ClN6O4S3. The zero-order valence-corrected chi connectivity index (χ0v) is 19.8. The molecule has 2 aromatic rings. The highest BCUT2D eigenvalue weighted by atomic mass is 35.5. The molecule has 2 amide bonds. The zero-order valence-electron chi connectivity index (χ0n) is 16.6. The number of nitrogens with zero attached hydrogens (tertiary/aromatic N) is 5. The van der Waals surface area contributed by atoms with E-state index in [-0.39, 0.29) is 16.4 Å². The van der Waals surface area contributed by atoms with E-state index in [1.54, 1.807) is 14.0 Å². The standard InChI is InChI=1S/C17H17ClN6O4S3/c1-6-9(18)12(23(3)22-6)13(25)19-10-14(26)24-11(16(27)28)8(4-29-15(10)24)5-30-17-21-20-7(2)31-17/h10,15H,4-5H2,1-3H3,(H,19,25)(H,27,28)/t10-,15-/m0/s1. The first-order chi connectivity index (χ1) is 14.7. The zero-order chi connectivity index (χ0) is 22.4. The lowest BCUT2D eigenvalue weighted by atomic mass is 10.0. The van der Waals surface area contributed by atoms with Gasteiger partial charge in [0.1, 0.15) is 27.8 Å². The fourth-order valence-corrected chi connectivity index (χ4v) is 6.91. The van der Waals surface area contributed by atoms with E-state index in [2.05, 4.69) is 20.6 Å². The van der Waals surface area contributed by atoms with Crippen LogP contribution in [0.2, 0.25) is 5.02 Å². The molecule has 2 aliphatic rings. The third-order valence-electron chi connectivity index (χ3n) is 4.78. The maximum Gasteiger partial charge on any atom is 0.352 e. The molecule has 4 heterocycles. The Kier molecular flexibility index (Phi) is 6.03. The van der Waals surface area contributed by atoms with Crippen LogP contribution in [0.5, 0.6) is 0 Å². The van der Waals surface area contributed by atoms with Crippen LogP contribution in [0.3, 0.4) is 0 Å². The van der Waals surface area contributed by atoms with Gasteiger partial charge in [0.15, 0.2) is 4.34 Å². The number of carbonyl (C=O) groups excluding carboxylic acids is 2. The van der Waals surface area contributed by atoms with Crippen molar-refractivity contribution in [3.05, 3.63) is 32.7 Å². The number of amides is 2. The lowest BCUT2D eigenvalue weighted by molar-refractivity contribution is -0.148.